The molecule has 0 aromatic heterocycles. The van der Waals surface area contributed by atoms with E-state index in [1.165, 1.54) is 11.4 Å². The number of halogens is 1. The summed E-state index contributed by atoms with van der Waals surface area (Å²) in [5, 5.41) is 0. The standard InChI is InChI=1S/C14H22N2O3S.ClH/c1-10-8-11(2)14(19-3)13(9-10)20(17,18)16-6-4-12(15)5-7-16;/h8-9,12H,4-7,15H2,1-3H3;1H. The third kappa shape index (κ3) is 3.69. The SMILES string of the molecule is COc1c(C)cc(C)cc1S(=O)(=O)N1CCC(N)CC1.Cl. The molecule has 1 aliphatic rings. The van der Waals surface area contributed by atoms with Gasteiger partial charge in [0.05, 0.1) is 7.11 Å². The molecule has 1 aromatic carbocycles. The van der Waals surface area contributed by atoms with Gasteiger partial charge >= 0.3 is 0 Å². The van der Waals surface area contributed by atoms with Crippen LogP contribution in [0.2, 0.25) is 0 Å². The van der Waals surface area contributed by atoms with Crippen molar-refractivity contribution in [3.8, 4) is 5.75 Å². The van der Waals surface area contributed by atoms with Crippen molar-refractivity contribution in [1.82, 2.24) is 4.31 Å². The summed E-state index contributed by atoms with van der Waals surface area (Å²) >= 11 is 0. The van der Waals surface area contributed by atoms with Crippen LogP contribution in [0.15, 0.2) is 17.0 Å². The van der Waals surface area contributed by atoms with Gasteiger partial charge in [-0.2, -0.15) is 4.31 Å². The minimum Gasteiger partial charge on any atom is -0.495 e. The van der Waals surface area contributed by atoms with E-state index in [0.29, 0.717) is 31.7 Å². The van der Waals surface area contributed by atoms with Gasteiger partial charge < -0.3 is 10.5 Å². The molecular formula is C14H23ClN2O3S. The highest BCUT2D eigenvalue weighted by molar-refractivity contribution is 7.89. The molecule has 5 nitrogen and oxygen atoms in total. The maximum absolute atomic E-state index is 12.8. The van der Waals surface area contributed by atoms with Crippen molar-refractivity contribution in [2.24, 2.45) is 5.73 Å². The average molecular weight is 335 g/mol. The van der Waals surface area contributed by atoms with E-state index in [1.807, 2.05) is 19.9 Å². The summed E-state index contributed by atoms with van der Waals surface area (Å²) in [6.07, 6.45) is 1.40. The fourth-order valence-electron chi connectivity index (χ4n) is 2.62. The van der Waals surface area contributed by atoms with Crippen molar-refractivity contribution in [3.63, 3.8) is 0 Å². The summed E-state index contributed by atoms with van der Waals surface area (Å²) in [5.41, 5.74) is 7.58. The van der Waals surface area contributed by atoms with Gasteiger partial charge in [0.1, 0.15) is 10.6 Å². The maximum atomic E-state index is 12.8. The summed E-state index contributed by atoms with van der Waals surface area (Å²) in [6.45, 7) is 4.69. The minimum absolute atomic E-state index is 0. The van der Waals surface area contributed by atoms with Crippen molar-refractivity contribution in [2.75, 3.05) is 20.2 Å². The molecule has 1 saturated heterocycles. The Kier molecular flexibility index (Phi) is 6.04. The maximum Gasteiger partial charge on any atom is 0.246 e. The summed E-state index contributed by atoms with van der Waals surface area (Å²) in [4.78, 5) is 0.257. The van der Waals surface area contributed by atoms with Gasteiger partial charge in [0.2, 0.25) is 10.0 Å². The summed E-state index contributed by atoms with van der Waals surface area (Å²) in [6, 6.07) is 3.70. The molecular weight excluding hydrogens is 312 g/mol. The Morgan fingerprint density at radius 1 is 1.24 bits per heavy atom. The molecule has 1 fully saturated rings. The first-order valence-corrected chi connectivity index (χ1v) is 8.21. The molecule has 0 unspecified atom stereocenters. The highest BCUT2D eigenvalue weighted by atomic mass is 35.5. The van der Waals surface area contributed by atoms with E-state index in [0.717, 1.165) is 11.1 Å². The number of hydrogen-bond donors (Lipinski definition) is 1. The number of methoxy groups -OCH3 is 1. The number of hydrogen-bond acceptors (Lipinski definition) is 4. The molecule has 0 radical (unpaired) electrons. The van der Waals surface area contributed by atoms with E-state index in [4.69, 9.17) is 10.5 Å². The summed E-state index contributed by atoms with van der Waals surface area (Å²) < 4.78 is 32.4. The Balaban J connectivity index is 0.00000220. The van der Waals surface area contributed by atoms with Gasteiger partial charge in [0.25, 0.3) is 0 Å². The number of sulfonamides is 1. The largest absolute Gasteiger partial charge is 0.495 e. The van der Waals surface area contributed by atoms with E-state index < -0.39 is 10.0 Å². The first-order valence-electron chi connectivity index (χ1n) is 6.77. The third-order valence-corrected chi connectivity index (χ3v) is 5.61. The van der Waals surface area contributed by atoms with Gasteiger partial charge in [0.15, 0.2) is 0 Å². The Morgan fingerprint density at radius 2 is 1.81 bits per heavy atom. The highest BCUT2D eigenvalue weighted by Crippen LogP contribution is 2.32. The second-order valence-corrected chi connectivity index (χ2v) is 7.26. The number of ether oxygens (including phenoxy) is 1. The van der Waals surface area contributed by atoms with Crippen LogP contribution in [-0.2, 0) is 10.0 Å². The Bertz CT molecular complexity index is 596. The Hall–Kier alpha value is -0.820. The van der Waals surface area contributed by atoms with Gasteiger partial charge in [-0.1, -0.05) is 6.07 Å². The van der Waals surface area contributed by atoms with E-state index in [1.54, 1.807) is 6.07 Å². The Labute approximate surface area is 132 Å². The Morgan fingerprint density at radius 3 is 2.33 bits per heavy atom. The second kappa shape index (κ2) is 6.96. The molecule has 1 aliphatic heterocycles. The molecule has 0 spiro atoms. The lowest BCUT2D eigenvalue weighted by molar-refractivity contribution is 0.317. The topological polar surface area (TPSA) is 72.6 Å². The van der Waals surface area contributed by atoms with Gasteiger partial charge in [-0.3, -0.25) is 0 Å². The van der Waals surface area contributed by atoms with Gasteiger partial charge in [-0.05, 0) is 43.9 Å². The van der Waals surface area contributed by atoms with Gasteiger partial charge in [-0.25, -0.2) is 8.42 Å². The van der Waals surface area contributed by atoms with Crippen molar-refractivity contribution >= 4 is 22.4 Å². The van der Waals surface area contributed by atoms with Crippen LogP contribution in [0.25, 0.3) is 0 Å². The first-order chi connectivity index (χ1) is 9.36. The van der Waals surface area contributed by atoms with Crippen LogP contribution in [0.1, 0.15) is 24.0 Å². The van der Waals surface area contributed by atoms with Crippen molar-refractivity contribution < 1.29 is 13.2 Å². The highest BCUT2D eigenvalue weighted by Gasteiger charge is 2.31. The van der Waals surface area contributed by atoms with Crippen molar-refractivity contribution in [2.45, 2.75) is 37.6 Å². The lowest BCUT2D eigenvalue weighted by atomic mass is 10.1. The molecule has 1 aromatic rings. The second-order valence-electron chi connectivity index (χ2n) is 5.35. The minimum atomic E-state index is -3.52. The van der Waals surface area contributed by atoms with Gasteiger partial charge in [0, 0.05) is 19.1 Å². The third-order valence-electron chi connectivity index (χ3n) is 3.71. The number of aryl methyl sites for hydroxylation is 2. The zero-order valence-electron chi connectivity index (χ0n) is 12.6. The zero-order chi connectivity index (χ0) is 14.9. The number of benzene rings is 1. The fourth-order valence-corrected chi connectivity index (χ4v) is 4.41. The monoisotopic (exact) mass is 334 g/mol. The normalized spacial score (nSPS) is 17.3. The molecule has 0 bridgehead atoms. The number of piperidine rings is 1. The van der Waals surface area contributed by atoms with Crippen LogP contribution in [0, 0.1) is 13.8 Å². The predicted molar refractivity (Wildman–Crippen MR) is 85.7 cm³/mol. The molecule has 2 N–H and O–H groups in total. The van der Waals surface area contributed by atoms with Crippen LogP contribution < -0.4 is 10.5 Å². The molecule has 0 aliphatic carbocycles. The van der Waals surface area contributed by atoms with Crippen LogP contribution >= 0.6 is 12.4 Å². The van der Waals surface area contributed by atoms with Crippen molar-refractivity contribution in [3.05, 3.63) is 23.3 Å². The quantitative estimate of drug-likeness (QED) is 0.915. The van der Waals surface area contributed by atoms with Crippen LogP contribution in [-0.4, -0.2) is 39.0 Å². The van der Waals surface area contributed by atoms with E-state index in [2.05, 4.69) is 0 Å². The van der Waals surface area contributed by atoms with E-state index in [-0.39, 0.29) is 23.3 Å². The molecule has 7 heteroatoms. The lowest BCUT2D eigenvalue weighted by Crippen LogP contribution is -2.42. The lowest BCUT2D eigenvalue weighted by Gasteiger charge is -2.30. The number of rotatable bonds is 3. The smallest absolute Gasteiger partial charge is 0.246 e. The molecule has 21 heavy (non-hydrogen) atoms. The van der Waals surface area contributed by atoms with Crippen LogP contribution in [0.4, 0.5) is 0 Å². The van der Waals surface area contributed by atoms with Crippen molar-refractivity contribution in [1.29, 1.82) is 0 Å². The average Bonchev–Trinajstić information content (AvgIpc) is 2.38. The molecule has 2 rings (SSSR count). The molecule has 0 atom stereocenters. The zero-order valence-corrected chi connectivity index (χ0v) is 14.3. The predicted octanol–water partition coefficient (Wildman–Crippen LogP) is 1.85. The summed E-state index contributed by atoms with van der Waals surface area (Å²) in [5.74, 6) is 0.436. The molecule has 1 heterocycles. The van der Waals surface area contributed by atoms with Crippen LogP contribution in [0.5, 0.6) is 5.75 Å². The summed E-state index contributed by atoms with van der Waals surface area (Å²) in [7, 11) is -2.02. The van der Waals surface area contributed by atoms with Crippen LogP contribution in [0.3, 0.4) is 0 Å². The number of nitrogens with two attached hydrogens (primary N) is 1. The molecule has 120 valence electrons. The number of nitrogens with zero attached hydrogens (tertiary/aromatic N) is 1. The molecule has 0 amide bonds. The van der Waals surface area contributed by atoms with Gasteiger partial charge in [-0.15, -0.1) is 12.4 Å². The molecule has 0 saturated carbocycles. The van der Waals surface area contributed by atoms with E-state index in [9.17, 15) is 8.42 Å². The van der Waals surface area contributed by atoms with E-state index >= 15 is 0 Å². The fraction of sp³-hybridized carbons (Fsp3) is 0.571. The first kappa shape index (κ1) is 18.2.